The molecule has 0 aromatic heterocycles. The van der Waals surface area contributed by atoms with Gasteiger partial charge in [0.2, 0.25) is 0 Å². The molecule has 0 radical (unpaired) electrons. The van der Waals surface area contributed by atoms with Crippen LogP contribution < -0.4 is 0 Å². The first kappa shape index (κ1) is 25.4. The van der Waals surface area contributed by atoms with Crippen LogP contribution >= 0.6 is 0 Å². The number of esters is 2. The summed E-state index contributed by atoms with van der Waals surface area (Å²) in [6.07, 6.45) is 21.2. The van der Waals surface area contributed by atoms with Gasteiger partial charge in [-0.2, -0.15) is 0 Å². The number of ether oxygens (including phenoxy) is 2. The van der Waals surface area contributed by atoms with Crippen LogP contribution in [-0.2, 0) is 19.1 Å². The number of hydrogen-bond donors (Lipinski definition) is 1. The highest BCUT2D eigenvalue weighted by Crippen LogP contribution is 2.28. The summed E-state index contributed by atoms with van der Waals surface area (Å²) < 4.78 is 9.69. The largest absolute Gasteiger partial charge is 0.469 e. The van der Waals surface area contributed by atoms with E-state index >= 15 is 0 Å². The van der Waals surface area contributed by atoms with Crippen molar-refractivity contribution >= 4 is 11.9 Å². The maximum Gasteiger partial charge on any atom is 0.305 e. The van der Waals surface area contributed by atoms with Gasteiger partial charge in [0.25, 0.3) is 0 Å². The van der Waals surface area contributed by atoms with Crippen molar-refractivity contribution in [2.24, 2.45) is 5.92 Å². The quantitative estimate of drug-likeness (QED) is 0.227. The van der Waals surface area contributed by atoms with Gasteiger partial charge in [-0.25, -0.2) is 0 Å². The van der Waals surface area contributed by atoms with Crippen molar-refractivity contribution in [3.63, 3.8) is 0 Å². The van der Waals surface area contributed by atoms with Gasteiger partial charge in [-0.3, -0.25) is 9.59 Å². The Morgan fingerprint density at radius 1 is 1.00 bits per heavy atom. The monoisotopic (exact) mass is 408 g/mol. The number of hydrogen-bond acceptors (Lipinski definition) is 5. The Balaban J connectivity index is 1.94. The molecule has 29 heavy (non-hydrogen) atoms. The van der Waals surface area contributed by atoms with Crippen LogP contribution in [0.4, 0.5) is 0 Å². The van der Waals surface area contributed by atoms with Gasteiger partial charge < -0.3 is 14.6 Å². The lowest BCUT2D eigenvalue weighted by Gasteiger charge is -2.21. The van der Waals surface area contributed by atoms with Gasteiger partial charge in [-0.15, -0.1) is 0 Å². The van der Waals surface area contributed by atoms with E-state index in [2.05, 4.69) is 4.74 Å². The van der Waals surface area contributed by atoms with Crippen molar-refractivity contribution in [2.75, 3.05) is 13.7 Å². The number of carbonyl (C=O) groups is 2. The molecule has 1 atom stereocenters. The van der Waals surface area contributed by atoms with Crippen molar-refractivity contribution < 1.29 is 24.2 Å². The van der Waals surface area contributed by atoms with E-state index in [-0.39, 0.29) is 18.0 Å². The Morgan fingerprint density at radius 2 is 1.72 bits per heavy atom. The second kappa shape index (κ2) is 17.3. The van der Waals surface area contributed by atoms with Gasteiger partial charge in [0, 0.05) is 12.8 Å². The molecule has 0 amide bonds. The van der Waals surface area contributed by atoms with E-state index in [1.165, 1.54) is 52.1 Å². The first-order chi connectivity index (χ1) is 14.1. The molecular weight excluding hydrogens is 368 g/mol. The summed E-state index contributed by atoms with van der Waals surface area (Å²) in [4.78, 5) is 22.5. The lowest BCUT2D eigenvalue weighted by molar-refractivity contribution is -0.144. The first-order valence-electron chi connectivity index (χ1n) is 11.4. The van der Waals surface area contributed by atoms with E-state index in [4.69, 9.17) is 4.74 Å². The third kappa shape index (κ3) is 15.0. The number of rotatable bonds is 15. The topological polar surface area (TPSA) is 72.8 Å². The summed E-state index contributed by atoms with van der Waals surface area (Å²) >= 11 is 0. The minimum Gasteiger partial charge on any atom is -0.469 e. The zero-order valence-corrected chi connectivity index (χ0v) is 18.2. The van der Waals surface area contributed by atoms with Crippen molar-refractivity contribution in [1.82, 2.24) is 0 Å². The number of aliphatic hydroxyl groups is 1. The third-order valence-corrected chi connectivity index (χ3v) is 5.45. The molecule has 5 nitrogen and oxygen atoms in total. The van der Waals surface area contributed by atoms with E-state index in [1.807, 2.05) is 24.3 Å². The van der Waals surface area contributed by atoms with Crippen LogP contribution in [0, 0.1) is 5.92 Å². The van der Waals surface area contributed by atoms with E-state index < -0.39 is 0 Å². The zero-order chi connectivity index (χ0) is 21.2. The Hall–Kier alpha value is -1.62. The molecule has 0 unspecified atom stereocenters. The molecule has 0 aliphatic heterocycles. The second-order valence-corrected chi connectivity index (χ2v) is 7.96. The molecule has 0 aromatic carbocycles. The smallest absolute Gasteiger partial charge is 0.305 e. The maximum absolute atomic E-state index is 11.6. The molecule has 0 aromatic rings. The summed E-state index contributed by atoms with van der Waals surface area (Å²) in [7, 11) is 1.36. The van der Waals surface area contributed by atoms with Crippen molar-refractivity contribution in [1.29, 1.82) is 0 Å². The van der Waals surface area contributed by atoms with Gasteiger partial charge in [0.1, 0.15) is 0 Å². The first-order valence-corrected chi connectivity index (χ1v) is 11.4. The number of methoxy groups -OCH3 is 1. The Bertz CT molecular complexity index is 491. The third-order valence-electron chi connectivity index (χ3n) is 5.45. The van der Waals surface area contributed by atoms with Crippen LogP contribution in [0.3, 0.4) is 0 Å². The van der Waals surface area contributed by atoms with Gasteiger partial charge >= 0.3 is 11.9 Å². The molecule has 1 rings (SSSR count). The lowest BCUT2D eigenvalue weighted by Crippen LogP contribution is -2.07. The van der Waals surface area contributed by atoms with E-state index in [1.54, 1.807) is 0 Å². The number of unbranched alkanes of at least 4 members (excludes halogenated alkanes) is 2. The van der Waals surface area contributed by atoms with E-state index in [0.29, 0.717) is 38.7 Å². The predicted molar refractivity (Wildman–Crippen MR) is 115 cm³/mol. The number of aliphatic hydroxyl groups excluding tert-OH is 1. The molecule has 1 aliphatic rings. The van der Waals surface area contributed by atoms with Crippen molar-refractivity contribution in [3.05, 3.63) is 24.3 Å². The molecule has 0 bridgehead atoms. The molecule has 1 N–H and O–H groups in total. The fourth-order valence-electron chi connectivity index (χ4n) is 3.68. The minimum atomic E-state index is -0.381. The highest BCUT2D eigenvalue weighted by molar-refractivity contribution is 5.70. The number of allylic oxidation sites excluding steroid dienone is 2. The SMILES string of the molecule is COC(=O)CCCCC(=O)OCC/C=C\C=C\[C@@H](O)CCCCC1CCCCC1. The van der Waals surface area contributed by atoms with Crippen LogP contribution in [0.25, 0.3) is 0 Å². The van der Waals surface area contributed by atoms with E-state index in [0.717, 1.165) is 18.8 Å². The molecule has 0 spiro atoms. The average Bonchev–Trinajstić information content (AvgIpc) is 2.74. The zero-order valence-electron chi connectivity index (χ0n) is 18.2. The molecule has 5 heteroatoms. The van der Waals surface area contributed by atoms with Crippen LogP contribution in [0.1, 0.15) is 89.9 Å². The summed E-state index contributed by atoms with van der Waals surface area (Å²) in [6, 6.07) is 0. The van der Waals surface area contributed by atoms with Crippen LogP contribution in [0.2, 0.25) is 0 Å². The predicted octanol–water partition coefficient (Wildman–Crippen LogP) is 5.27. The number of carbonyl (C=O) groups excluding carboxylic acids is 2. The molecule has 166 valence electrons. The normalized spacial score (nSPS) is 16.3. The molecule has 1 fully saturated rings. The standard InChI is InChI=1S/C24H40O5/c1-28-23(26)18-10-11-19-24(27)29-20-12-3-2-7-16-22(25)17-9-8-15-21-13-5-4-6-14-21/h2-3,7,16,21-22,25H,4-6,8-15,17-20H2,1H3/b3-2-,16-7+/t22-/m1/s1. The molecule has 0 saturated heterocycles. The van der Waals surface area contributed by atoms with Gasteiger partial charge in [0.15, 0.2) is 0 Å². The van der Waals surface area contributed by atoms with Gasteiger partial charge in [-0.05, 0) is 31.6 Å². The second-order valence-electron chi connectivity index (χ2n) is 7.96. The maximum atomic E-state index is 11.6. The van der Waals surface area contributed by atoms with Gasteiger partial charge in [-0.1, -0.05) is 75.7 Å². The molecular formula is C24H40O5. The minimum absolute atomic E-state index is 0.234. The molecule has 1 aliphatic carbocycles. The highest BCUT2D eigenvalue weighted by Gasteiger charge is 2.12. The Labute approximate surface area is 176 Å². The van der Waals surface area contributed by atoms with E-state index in [9.17, 15) is 14.7 Å². The van der Waals surface area contributed by atoms with Crippen LogP contribution in [0.15, 0.2) is 24.3 Å². The van der Waals surface area contributed by atoms with Gasteiger partial charge in [0.05, 0.1) is 19.8 Å². The summed E-state index contributed by atoms with van der Waals surface area (Å²) in [5.41, 5.74) is 0. The fraction of sp³-hybridized carbons (Fsp3) is 0.750. The lowest BCUT2D eigenvalue weighted by atomic mass is 9.85. The fourth-order valence-corrected chi connectivity index (χ4v) is 3.68. The van der Waals surface area contributed by atoms with Crippen molar-refractivity contribution in [2.45, 2.75) is 96.0 Å². The van der Waals surface area contributed by atoms with Crippen molar-refractivity contribution in [3.8, 4) is 0 Å². The highest BCUT2D eigenvalue weighted by atomic mass is 16.5. The summed E-state index contributed by atoms with van der Waals surface area (Å²) in [5.74, 6) is 0.442. The summed E-state index contributed by atoms with van der Waals surface area (Å²) in [6.45, 7) is 0.351. The Kier molecular flexibility index (Phi) is 15.1. The Morgan fingerprint density at radius 3 is 2.45 bits per heavy atom. The van der Waals surface area contributed by atoms with Crippen LogP contribution in [-0.4, -0.2) is 36.9 Å². The van der Waals surface area contributed by atoms with Crippen LogP contribution in [0.5, 0.6) is 0 Å². The average molecular weight is 409 g/mol. The molecule has 0 heterocycles. The molecule has 1 saturated carbocycles. The summed E-state index contributed by atoms with van der Waals surface area (Å²) in [5, 5.41) is 10.00.